The van der Waals surface area contributed by atoms with E-state index in [1.165, 1.54) is 19.4 Å². The molecule has 0 aliphatic rings. The molecule has 1 unspecified atom stereocenters. The van der Waals surface area contributed by atoms with Crippen LogP contribution in [-0.2, 0) is 25.5 Å². The van der Waals surface area contributed by atoms with Gasteiger partial charge in [-0.1, -0.05) is 35.5 Å². The fourth-order valence-corrected chi connectivity index (χ4v) is 6.51. The van der Waals surface area contributed by atoms with E-state index < -0.39 is 17.5 Å². The van der Waals surface area contributed by atoms with Crippen LogP contribution in [0.25, 0.3) is 20.2 Å². The van der Waals surface area contributed by atoms with E-state index in [-0.39, 0.29) is 30.8 Å². The minimum Gasteiger partial charge on any atom is -0.481 e. The fourth-order valence-electron chi connectivity index (χ4n) is 4.62. The maximum absolute atomic E-state index is 13.6. The molecule has 1 amide bonds. The smallest absolute Gasteiger partial charge is 0.303 e. The predicted molar refractivity (Wildman–Crippen MR) is 159 cm³/mol. The van der Waals surface area contributed by atoms with E-state index >= 15 is 0 Å². The Morgan fingerprint density at radius 1 is 0.925 bits per heavy atom. The molecule has 0 fully saturated rings. The summed E-state index contributed by atoms with van der Waals surface area (Å²) < 4.78 is 7.02. The van der Waals surface area contributed by atoms with Crippen molar-refractivity contribution in [3.05, 3.63) is 82.0 Å². The summed E-state index contributed by atoms with van der Waals surface area (Å²) in [6.07, 6.45) is 0.689. The Kier molecular flexibility index (Phi) is 9.27. The molecule has 4 aromatic rings. The van der Waals surface area contributed by atoms with Gasteiger partial charge in [0.25, 0.3) is 0 Å². The number of carbonyl (C=O) groups excluding carboxylic acids is 2. The molecule has 1 aromatic heterocycles. The molecule has 9 heteroatoms. The van der Waals surface area contributed by atoms with Crippen LogP contribution in [0.15, 0.2) is 75.2 Å². The van der Waals surface area contributed by atoms with Gasteiger partial charge in [-0.3, -0.25) is 19.2 Å². The molecule has 0 aliphatic carbocycles. The Bertz CT molecular complexity index is 1610. The van der Waals surface area contributed by atoms with Crippen molar-refractivity contribution in [1.82, 2.24) is 5.32 Å². The van der Waals surface area contributed by atoms with Gasteiger partial charge < -0.3 is 15.2 Å². The highest BCUT2D eigenvalue weighted by molar-refractivity contribution is 7.99. The first kappa shape index (κ1) is 29.3. The number of hydrogen-bond acceptors (Lipinski definition) is 7. The Morgan fingerprint density at radius 3 is 2.23 bits per heavy atom. The molecule has 3 aromatic carbocycles. The summed E-state index contributed by atoms with van der Waals surface area (Å²) in [4.78, 5) is 50.6. The number of fused-ring (bicyclic) bond motifs is 2. The average molecular weight is 578 g/mol. The van der Waals surface area contributed by atoms with Crippen molar-refractivity contribution in [1.29, 1.82) is 0 Å². The van der Waals surface area contributed by atoms with Crippen molar-refractivity contribution in [3.8, 4) is 0 Å². The van der Waals surface area contributed by atoms with E-state index in [0.29, 0.717) is 23.6 Å². The van der Waals surface area contributed by atoms with Gasteiger partial charge in [0.15, 0.2) is 5.43 Å². The molecular formula is C31H31NO6S2. The van der Waals surface area contributed by atoms with Crippen molar-refractivity contribution in [3.63, 3.8) is 0 Å². The summed E-state index contributed by atoms with van der Waals surface area (Å²) in [5, 5.41) is 13.4. The number of ether oxygens (including phenoxy) is 1. The lowest BCUT2D eigenvalue weighted by Crippen LogP contribution is -2.52. The normalized spacial score (nSPS) is 12.7. The quantitative estimate of drug-likeness (QED) is 0.163. The summed E-state index contributed by atoms with van der Waals surface area (Å²) in [6, 6.07) is 20.0. The maximum atomic E-state index is 13.6. The van der Waals surface area contributed by atoms with Crippen LogP contribution in [0.1, 0.15) is 44.2 Å². The number of benzene rings is 3. The molecule has 0 saturated heterocycles. The zero-order valence-electron chi connectivity index (χ0n) is 22.6. The minimum absolute atomic E-state index is 0.0455. The van der Waals surface area contributed by atoms with Crippen LogP contribution in [0, 0.1) is 6.92 Å². The van der Waals surface area contributed by atoms with Gasteiger partial charge >= 0.3 is 11.9 Å². The van der Waals surface area contributed by atoms with Crippen molar-refractivity contribution in [2.24, 2.45) is 0 Å². The molecule has 2 N–H and O–H groups in total. The van der Waals surface area contributed by atoms with E-state index in [9.17, 15) is 24.3 Å². The SMILES string of the molecule is CC(=O)NC(CCC(=O)O)(CCc1ccc2sc3ccc(Sc4ccc(C)cc4)cc3c(=O)c2c1)COC(C)=O. The molecule has 1 heterocycles. The van der Waals surface area contributed by atoms with Gasteiger partial charge in [0.05, 0.1) is 5.54 Å². The minimum atomic E-state index is -1.04. The second kappa shape index (κ2) is 12.7. The van der Waals surface area contributed by atoms with E-state index in [2.05, 4.69) is 29.6 Å². The summed E-state index contributed by atoms with van der Waals surface area (Å²) in [5.74, 6) is -1.86. The molecular weight excluding hydrogens is 546 g/mol. The topological polar surface area (TPSA) is 110 Å². The van der Waals surface area contributed by atoms with Crippen molar-refractivity contribution in [2.45, 2.75) is 61.8 Å². The average Bonchev–Trinajstić information content (AvgIpc) is 2.91. The molecule has 0 bridgehead atoms. The summed E-state index contributed by atoms with van der Waals surface area (Å²) in [6.45, 7) is 4.53. The molecule has 0 spiro atoms. The van der Waals surface area contributed by atoms with Gasteiger partial charge in [-0.05, 0) is 74.2 Å². The molecule has 0 saturated carbocycles. The van der Waals surface area contributed by atoms with Gasteiger partial charge in [-0.2, -0.15) is 0 Å². The third-order valence-corrected chi connectivity index (χ3v) is 8.81. The highest BCUT2D eigenvalue weighted by Crippen LogP contribution is 2.33. The van der Waals surface area contributed by atoms with Gasteiger partial charge in [-0.25, -0.2) is 0 Å². The molecule has 1 atom stereocenters. The van der Waals surface area contributed by atoms with Gasteiger partial charge in [-0.15, -0.1) is 11.3 Å². The Labute approximate surface area is 240 Å². The molecule has 4 rings (SSSR count). The van der Waals surface area contributed by atoms with Gasteiger partial charge in [0.1, 0.15) is 6.61 Å². The van der Waals surface area contributed by atoms with Crippen molar-refractivity contribution >= 4 is 61.1 Å². The number of aliphatic carboxylic acids is 1. The fraction of sp³-hybridized carbons (Fsp3) is 0.290. The zero-order chi connectivity index (χ0) is 28.9. The largest absolute Gasteiger partial charge is 0.481 e. The lowest BCUT2D eigenvalue weighted by Gasteiger charge is -2.34. The molecule has 40 heavy (non-hydrogen) atoms. The van der Waals surface area contributed by atoms with Crippen LogP contribution in [-0.4, -0.2) is 35.1 Å². The number of aryl methyl sites for hydroxylation is 2. The van der Waals surface area contributed by atoms with Crippen LogP contribution < -0.4 is 10.7 Å². The van der Waals surface area contributed by atoms with Crippen LogP contribution in [0.2, 0.25) is 0 Å². The molecule has 7 nitrogen and oxygen atoms in total. The molecule has 0 aliphatic heterocycles. The monoisotopic (exact) mass is 577 g/mol. The van der Waals surface area contributed by atoms with E-state index in [0.717, 1.165) is 24.8 Å². The Hall–Kier alpha value is -3.69. The number of amides is 1. The Balaban J connectivity index is 1.64. The van der Waals surface area contributed by atoms with Crippen LogP contribution in [0.5, 0.6) is 0 Å². The number of carbonyl (C=O) groups is 3. The van der Waals surface area contributed by atoms with Crippen LogP contribution in [0.3, 0.4) is 0 Å². The first-order valence-electron chi connectivity index (χ1n) is 12.9. The van der Waals surface area contributed by atoms with Gasteiger partial charge in [0.2, 0.25) is 5.91 Å². The predicted octanol–water partition coefficient (Wildman–Crippen LogP) is 6.11. The highest BCUT2D eigenvalue weighted by atomic mass is 32.2. The first-order valence-corrected chi connectivity index (χ1v) is 14.5. The van der Waals surface area contributed by atoms with Crippen LogP contribution >= 0.6 is 23.1 Å². The van der Waals surface area contributed by atoms with Crippen molar-refractivity contribution < 1.29 is 24.2 Å². The second-order valence-corrected chi connectivity index (χ2v) is 12.2. The number of hydrogen-bond donors (Lipinski definition) is 2. The molecule has 208 valence electrons. The van der Waals surface area contributed by atoms with Crippen LogP contribution in [0.4, 0.5) is 0 Å². The first-order chi connectivity index (χ1) is 19.0. The Morgan fingerprint density at radius 2 is 1.57 bits per heavy atom. The number of rotatable bonds is 11. The number of carboxylic acid groups (broad SMARTS) is 1. The maximum Gasteiger partial charge on any atom is 0.303 e. The number of carboxylic acids is 1. The lowest BCUT2D eigenvalue weighted by molar-refractivity contribution is -0.145. The zero-order valence-corrected chi connectivity index (χ0v) is 24.2. The highest BCUT2D eigenvalue weighted by Gasteiger charge is 2.33. The third kappa shape index (κ3) is 7.49. The number of esters is 1. The number of nitrogens with one attached hydrogen (secondary N) is 1. The van der Waals surface area contributed by atoms with E-state index in [4.69, 9.17) is 4.74 Å². The third-order valence-electron chi connectivity index (χ3n) is 6.66. The van der Waals surface area contributed by atoms with Gasteiger partial charge in [0, 0.05) is 50.2 Å². The summed E-state index contributed by atoms with van der Waals surface area (Å²) in [7, 11) is 0. The standard InChI is InChI=1S/C31H31NO6S2/c1-19-4-7-23(8-5-19)39-24-9-11-28-26(17-24)30(37)25-16-22(6-10-27(25)40-28)12-14-31(32-20(2)33,15-13-29(35)36)18-38-21(3)34/h4-11,16-17H,12-15,18H2,1-3H3,(H,32,33)(H,35,36). The summed E-state index contributed by atoms with van der Waals surface area (Å²) >= 11 is 3.17. The second-order valence-electron chi connectivity index (χ2n) is 9.97. The summed E-state index contributed by atoms with van der Waals surface area (Å²) in [5.41, 5.74) is 0.973. The van der Waals surface area contributed by atoms with E-state index in [1.54, 1.807) is 23.1 Å². The van der Waals surface area contributed by atoms with Crippen molar-refractivity contribution in [2.75, 3.05) is 6.61 Å². The molecule has 0 radical (unpaired) electrons. The van der Waals surface area contributed by atoms with E-state index in [1.807, 2.05) is 43.3 Å². The lowest BCUT2D eigenvalue weighted by atomic mass is 9.87.